The Bertz CT molecular complexity index is 1240. The second-order valence-electron chi connectivity index (χ2n) is 8.91. The van der Waals surface area contributed by atoms with E-state index in [1.165, 1.54) is 12.0 Å². The zero-order valence-electron chi connectivity index (χ0n) is 21.0. The second kappa shape index (κ2) is 12.2. The highest BCUT2D eigenvalue weighted by Gasteiger charge is 2.38. The molecule has 1 saturated heterocycles. The average Bonchev–Trinajstić information content (AvgIpc) is 3.35. The number of para-hydroxylation sites is 1. The molecule has 2 atom stereocenters. The highest BCUT2D eigenvalue weighted by molar-refractivity contribution is 6.05. The molecule has 3 aromatic carbocycles. The first-order valence-electron chi connectivity index (χ1n) is 12.2. The Morgan fingerprint density at radius 2 is 1.76 bits per heavy atom. The van der Waals surface area contributed by atoms with Crippen LogP contribution in [0.2, 0.25) is 0 Å². The van der Waals surface area contributed by atoms with Gasteiger partial charge in [0.15, 0.2) is 0 Å². The molecule has 0 spiro atoms. The molecule has 8 heteroatoms. The monoisotopic (exact) mass is 501 g/mol. The van der Waals surface area contributed by atoms with Crippen LogP contribution in [0.15, 0.2) is 84.0 Å². The van der Waals surface area contributed by atoms with E-state index in [0.29, 0.717) is 17.0 Å². The Morgan fingerprint density at radius 1 is 1.05 bits per heavy atom. The van der Waals surface area contributed by atoms with Crippen LogP contribution in [-0.2, 0) is 9.63 Å². The van der Waals surface area contributed by atoms with Gasteiger partial charge in [0.2, 0.25) is 5.91 Å². The van der Waals surface area contributed by atoms with Crippen LogP contribution >= 0.6 is 0 Å². The molecule has 0 aliphatic carbocycles. The molecule has 192 valence electrons. The first-order chi connectivity index (χ1) is 18.0. The van der Waals surface area contributed by atoms with Crippen LogP contribution < -0.4 is 10.1 Å². The van der Waals surface area contributed by atoms with Gasteiger partial charge >= 0.3 is 0 Å². The summed E-state index contributed by atoms with van der Waals surface area (Å²) in [7, 11) is 1.43. The molecule has 2 amide bonds. The number of benzene rings is 3. The number of rotatable bonds is 9. The van der Waals surface area contributed by atoms with Crippen molar-refractivity contribution in [1.82, 2.24) is 10.2 Å². The SMILES string of the molecule is CO/N=C1\C[C@@H](C(=O)NC[C@H](O)COc2ccccc2)N(C(=O)c2ccc(-c3ccccc3C)cc2)C1. The van der Waals surface area contributed by atoms with Crippen LogP contribution in [-0.4, -0.2) is 66.5 Å². The molecule has 0 bridgehead atoms. The predicted molar refractivity (Wildman–Crippen MR) is 141 cm³/mol. The maximum atomic E-state index is 13.4. The number of carbonyl (C=O) groups is 2. The van der Waals surface area contributed by atoms with Crippen LogP contribution in [0.5, 0.6) is 5.75 Å². The fourth-order valence-electron chi connectivity index (χ4n) is 4.31. The number of nitrogens with one attached hydrogen (secondary N) is 1. The molecule has 2 N–H and O–H groups in total. The van der Waals surface area contributed by atoms with E-state index in [-0.39, 0.29) is 37.9 Å². The summed E-state index contributed by atoms with van der Waals surface area (Å²) in [4.78, 5) is 32.8. The third-order valence-electron chi connectivity index (χ3n) is 6.23. The zero-order valence-corrected chi connectivity index (χ0v) is 21.0. The summed E-state index contributed by atoms with van der Waals surface area (Å²) in [6.45, 7) is 2.25. The number of oxime groups is 1. The summed E-state index contributed by atoms with van der Waals surface area (Å²) in [5.74, 6) is -0.00926. The minimum Gasteiger partial charge on any atom is -0.491 e. The molecular weight excluding hydrogens is 470 g/mol. The van der Waals surface area contributed by atoms with E-state index in [4.69, 9.17) is 9.57 Å². The molecule has 0 radical (unpaired) electrons. The third-order valence-corrected chi connectivity index (χ3v) is 6.23. The molecule has 37 heavy (non-hydrogen) atoms. The number of hydrogen-bond donors (Lipinski definition) is 2. The Labute approximate surface area is 216 Å². The molecule has 8 nitrogen and oxygen atoms in total. The van der Waals surface area contributed by atoms with Gasteiger partial charge in [-0.25, -0.2) is 0 Å². The lowest BCUT2D eigenvalue weighted by molar-refractivity contribution is -0.125. The molecule has 4 rings (SSSR count). The molecule has 1 fully saturated rings. The van der Waals surface area contributed by atoms with Crippen LogP contribution in [0.4, 0.5) is 0 Å². The molecule has 1 aliphatic rings. The molecule has 0 saturated carbocycles. The fourth-order valence-corrected chi connectivity index (χ4v) is 4.31. The lowest BCUT2D eigenvalue weighted by Crippen LogP contribution is -2.48. The number of aliphatic hydroxyl groups is 1. The van der Waals surface area contributed by atoms with Crippen LogP contribution in [0.1, 0.15) is 22.3 Å². The summed E-state index contributed by atoms with van der Waals surface area (Å²) < 4.78 is 5.54. The highest BCUT2D eigenvalue weighted by Crippen LogP contribution is 2.25. The number of hydrogen-bond acceptors (Lipinski definition) is 6. The van der Waals surface area contributed by atoms with Gasteiger partial charge in [0, 0.05) is 18.5 Å². The van der Waals surface area contributed by atoms with E-state index < -0.39 is 12.1 Å². The number of carbonyl (C=O) groups excluding carboxylic acids is 2. The Hall–Kier alpha value is -4.17. The van der Waals surface area contributed by atoms with E-state index in [2.05, 4.69) is 10.5 Å². The molecule has 0 unspecified atom stereocenters. The first kappa shape index (κ1) is 25.9. The highest BCUT2D eigenvalue weighted by atomic mass is 16.6. The van der Waals surface area contributed by atoms with Crippen molar-refractivity contribution in [3.8, 4) is 16.9 Å². The molecule has 1 aliphatic heterocycles. The van der Waals surface area contributed by atoms with Crippen molar-refractivity contribution in [2.45, 2.75) is 25.5 Å². The van der Waals surface area contributed by atoms with Gasteiger partial charge in [-0.15, -0.1) is 0 Å². The third kappa shape index (κ3) is 6.54. The summed E-state index contributed by atoms with van der Waals surface area (Å²) in [6.07, 6.45) is -0.653. The number of aryl methyl sites for hydroxylation is 1. The van der Waals surface area contributed by atoms with Crippen LogP contribution in [0.3, 0.4) is 0 Å². The first-order valence-corrected chi connectivity index (χ1v) is 12.2. The van der Waals surface area contributed by atoms with Crippen molar-refractivity contribution in [3.63, 3.8) is 0 Å². The van der Waals surface area contributed by atoms with E-state index in [1.54, 1.807) is 24.3 Å². The Kier molecular flexibility index (Phi) is 8.53. The van der Waals surface area contributed by atoms with E-state index in [9.17, 15) is 14.7 Å². The number of amides is 2. The van der Waals surface area contributed by atoms with Crippen molar-refractivity contribution in [2.75, 3.05) is 26.8 Å². The molecular formula is C29H31N3O5. The van der Waals surface area contributed by atoms with Crippen molar-refractivity contribution >= 4 is 17.5 Å². The summed E-state index contributed by atoms with van der Waals surface area (Å²) >= 11 is 0. The number of likely N-dealkylation sites (tertiary alicyclic amines) is 1. The standard InChI is InChI=1S/C29H31N3O5/c1-20-8-6-7-11-26(20)21-12-14-22(15-13-21)29(35)32-18-23(31-36-2)16-27(32)28(34)30-17-24(33)19-37-25-9-4-3-5-10-25/h3-15,24,27,33H,16-19H2,1-2H3,(H,30,34)/b31-23+/t24-,27-/m0/s1. The Morgan fingerprint density at radius 3 is 2.46 bits per heavy atom. The van der Waals surface area contributed by atoms with Gasteiger partial charge in [-0.3, -0.25) is 9.59 Å². The molecule has 0 aromatic heterocycles. The number of nitrogens with zero attached hydrogens (tertiary/aromatic N) is 2. The topological polar surface area (TPSA) is 100 Å². The van der Waals surface area contributed by atoms with Crippen molar-refractivity contribution in [1.29, 1.82) is 0 Å². The quantitative estimate of drug-likeness (QED) is 0.438. The van der Waals surface area contributed by atoms with Gasteiger partial charge in [0.05, 0.1) is 12.3 Å². The van der Waals surface area contributed by atoms with Gasteiger partial charge in [-0.2, -0.15) is 0 Å². The lowest BCUT2D eigenvalue weighted by Gasteiger charge is -2.24. The predicted octanol–water partition coefficient (Wildman–Crippen LogP) is 3.44. The summed E-state index contributed by atoms with van der Waals surface area (Å²) in [5, 5.41) is 17.0. The van der Waals surface area contributed by atoms with Crippen molar-refractivity contribution < 1.29 is 24.3 Å². The minimum absolute atomic E-state index is 0.00786. The average molecular weight is 502 g/mol. The Balaban J connectivity index is 1.41. The van der Waals surface area contributed by atoms with Gasteiger partial charge in [0.1, 0.15) is 31.6 Å². The lowest BCUT2D eigenvalue weighted by atomic mass is 9.99. The van der Waals surface area contributed by atoms with Gasteiger partial charge in [-0.1, -0.05) is 59.8 Å². The molecule has 1 heterocycles. The second-order valence-corrected chi connectivity index (χ2v) is 8.91. The van der Waals surface area contributed by atoms with Gasteiger partial charge in [0.25, 0.3) is 5.91 Å². The normalized spacial score (nSPS) is 16.9. The maximum absolute atomic E-state index is 13.4. The van der Waals surface area contributed by atoms with Crippen molar-refractivity contribution in [3.05, 3.63) is 90.0 Å². The smallest absolute Gasteiger partial charge is 0.254 e. The van der Waals surface area contributed by atoms with E-state index in [0.717, 1.165) is 16.7 Å². The van der Waals surface area contributed by atoms with E-state index >= 15 is 0 Å². The van der Waals surface area contributed by atoms with Gasteiger partial charge in [-0.05, 0) is 47.9 Å². The van der Waals surface area contributed by atoms with Gasteiger partial charge < -0.3 is 24.9 Å². The zero-order chi connectivity index (χ0) is 26.2. The molecule has 3 aromatic rings. The number of ether oxygens (including phenoxy) is 1. The summed E-state index contributed by atoms with van der Waals surface area (Å²) in [6, 6.07) is 23.8. The fraction of sp³-hybridized carbons (Fsp3) is 0.276. The van der Waals surface area contributed by atoms with Crippen LogP contribution in [0, 0.1) is 6.92 Å². The van der Waals surface area contributed by atoms with E-state index in [1.807, 2.05) is 61.5 Å². The van der Waals surface area contributed by atoms with Crippen LogP contribution in [0.25, 0.3) is 11.1 Å². The minimum atomic E-state index is -0.907. The number of aliphatic hydroxyl groups excluding tert-OH is 1. The maximum Gasteiger partial charge on any atom is 0.254 e. The largest absolute Gasteiger partial charge is 0.491 e. The summed E-state index contributed by atoms with van der Waals surface area (Å²) in [5.41, 5.74) is 4.34. The van der Waals surface area contributed by atoms with Crippen molar-refractivity contribution in [2.24, 2.45) is 5.16 Å².